The average Bonchev–Trinajstić information content (AvgIpc) is 3.55. The van der Waals surface area contributed by atoms with Crippen LogP contribution in [0.25, 0.3) is 0 Å². The first kappa shape index (κ1) is 24.6. The maximum absolute atomic E-state index is 6.26. The molecule has 0 amide bonds. The molecular weight excluding hydrogens is 448 g/mol. The van der Waals surface area contributed by atoms with E-state index in [9.17, 15) is 0 Å². The lowest BCUT2D eigenvalue weighted by Gasteiger charge is -2.22. The summed E-state index contributed by atoms with van der Waals surface area (Å²) in [5.74, 6) is 1.49. The summed E-state index contributed by atoms with van der Waals surface area (Å²) in [7, 11) is 0. The van der Waals surface area contributed by atoms with Crippen molar-refractivity contribution in [2.75, 3.05) is 13.2 Å². The monoisotopic (exact) mass is 490 g/mol. The van der Waals surface area contributed by atoms with Gasteiger partial charge >= 0.3 is 0 Å². The lowest BCUT2D eigenvalue weighted by molar-refractivity contribution is -0.0580. The topological polar surface area (TPSA) is 36.9 Å². The van der Waals surface area contributed by atoms with Crippen molar-refractivity contribution < 1.29 is 18.9 Å². The van der Waals surface area contributed by atoms with Crippen LogP contribution in [-0.4, -0.2) is 37.6 Å². The molecule has 4 heteroatoms. The van der Waals surface area contributed by atoms with Crippen molar-refractivity contribution in [3.8, 4) is 0 Å². The van der Waals surface area contributed by atoms with Crippen LogP contribution in [0.3, 0.4) is 0 Å². The van der Waals surface area contributed by atoms with Gasteiger partial charge in [0, 0.05) is 0 Å². The minimum atomic E-state index is -0.0369. The normalized spacial score (nSPS) is 29.4. The van der Waals surface area contributed by atoms with E-state index in [2.05, 4.69) is 48.5 Å². The highest BCUT2D eigenvalue weighted by atomic mass is 16.6. The lowest BCUT2D eigenvalue weighted by Crippen LogP contribution is -2.34. The third-order valence-electron chi connectivity index (χ3n) is 9.00. The number of fused-ring (bicyclic) bond motifs is 1. The van der Waals surface area contributed by atoms with Crippen molar-refractivity contribution in [1.29, 1.82) is 0 Å². The number of hydrogen-bond acceptors (Lipinski definition) is 4. The molecular formula is C32H42O4. The molecule has 4 nitrogen and oxygen atoms in total. The molecule has 4 fully saturated rings. The quantitative estimate of drug-likeness (QED) is 0.397. The molecule has 2 saturated heterocycles. The van der Waals surface area contributed by atoms with Crippen LogP contribution in [0.2, 0.25) is 0 Å². The highest BCUT2D eigenvalue weighted by molar-refractivity contribution is 5.26. The molecule has 2 aliphatic heterocycles. The van der Waals surface area contributed by atoms with Gasteiger partial charge in [-0.05, 0) is 59.8 Å². The molecule has 0 bridgehead atoms. The molecule has 2 aliphatic carbocycles. The van der Waals surface area contributed by atoms with Crippen molar-refractivity contribution >= 4 is 0 Å². The highest BCUT2D eigenvalue weighted by Crippen LogP contribution is 2.35. The van der Waals surface area contributed by atoms with Gasteiger partial charge < -0.3 is 18.9 Å². The Bertz CT molecular complexity index is 864. The molecule has 2 aromatic carbocycles. The van der Waals surface area contributed by atoms with Crippen LogP contribution in [0.4, 0.5) is 0 Å². The molecule has 0 N–H and O–H groups in total. The van der Waals surface area contributed by atoms with Crippen molar-refractivity contribution in [2.45, 2.75) is 114 Å². The maximum Gasteiger partial charge on any atom is 0.115 e. The first-order valence-corrected chi connectivity index (χ1v) is 14.5. The number of hydrogen-bond donors (Lipinski definition) is 0. The SMILES string of the molecule is c1cc(C2CCCCC2)ccc1COC1CO[C@@H]2C(OCc3ccc(C4CCCCC4)cc3)CO[C@H]12. The predicted molar refractivity (Wildman–Crippen MR) is 141 cm³/mol. The fourth-order valence-electron chi connectivity index (χ4n) is 6.77. The Morgan fingerprint density at radius 1 is 0.528 bits per heavy atom. The van der Waals surface area contributed by atoms with E-state index in [0.717, 1.165) is 11.8 Å². The molecule has 6 rings (SSSR count). The Morgan fingerprint density at radius 3 is 1.31 bits per heavy atom. The van der Waals surface area contributed by atoms with E-state index < -0.39 is 0 Å². The highest BCUT2D eigenvalue weighted by Gasteiger charge is 2.48. The second-order valence-corrected chi connectivity index (χ2v) is 11.4. The standard InChI is InChI=1S/C32H42O4/c1-3-7-25(8-4-1)27-15-11-23(12-16-27)19-33-29-21-35-32-30(22-36-31(29)32)34-20-24-13-17-28(18-14-24)26-9-5-2-6-10-26/h11-18,25-26,29-32H,1-10,19-22H2/t29?,30?,31-,32-/m1/s1. The van der Waals surface area contributed by atoms with Gasteiger partial charge in [-0.1, -0.05) is 87.1 Å². The summed E-state index contributed by atoms with van der Waals surface area (Å²) in [6, 6.07) is 18.2. The second kappa shape index (κ2) is 11.8. The Hall–Kier alpha value is -1.72. The average molecular weight is 491 g/mol. The summed E-state index contributed by atoms with van der Waals surface area (Å²) in [6.07, 6.45) is 13.5. The zero-order valence-corrected chi connectivity index (χ0v) is 21.6. The van der Waals surface area contributed by atoms with E-state index in [1.54, 1.807) is 0 Å². The molecule has 4 atom stereocenters. The molecule has 2 heterocycles. The van der Waals surface area contributed by atoms with E-state index in [0.29, 0.717) is 26.4 Å². The second-order valence-electron chi connectivity index (χ2n) is 11.4. The van der Waals surface area contributed by atoms with Gasteiger partial charge in [0.15, 0.2) is 0 Å². The molecule has 2 unspecified atom stereocenters. The maximum atomic E-state index is 6.26. The van der Waals surface area contributed by atoms with Crippen molar-refractivity contribution in [3.63, 3.8) is 0 Å². The summed E-state index contributed by atoms with van der Waals surface area (Å²) in [6.45, 7) is 2.35. The molecule has 36 heavy (non-hydrogen) atoms. The van der Waals surface area contributed by atoms with Crippen LogP contribution in [0, 0.1) is 0 Å². The molecule has 2 aromatic rings. The van der Waals surface area contributed by atoms with E-state index >= 15 is 0 Å². The van der Waals surface area contributed by atoms with Gasteiger partial charge in [0.1, 0.15) is 24.4 Å². The van der Waals surface area contributed by atoms with E-state index in [1.807, 2.05) is 0 Å². The first-order valence-electron chi connectivity index (χ1n) is 14.5. The van der Waals surface area contributed by atoms with Crippen molar-refractivity contribution in [3.05, 3.63) is 70.8 Å². The van der Waals surface area contributed by atoms with Crippen LogP contribution in [-0.2, 0) is 32.2 Å². The largest absolute Gasteiger partial charge is 0.370 e. The van der Waals surface area contributed by atoms with Gasteiger partial charge in [0.25, 0.3) is 0 Å². The molecule has 194 valence electrons. The fourth-order valence-corrected chi connectivity index (χ4v) is 6.77. The molecule has 4 aliphatic rings. The van der Waals surface area contributed by atoms with Gasteiger partial charge in [0.05, 0.1) is 26.4 Å². The molecule has 0 spiro atoms. The summed E-state index contributed by atoms with van der Waals surface area (Å²) >= 11 is 0. The van der Waals surface area contributed by atoms with Crippen LogP contribution >= 0.6 is 0 Å². The fraction of sp³-hybridized carbons (Fsp3) is 0.625. The Balaban J connectivity index is 0.959. The number of rotatable bonds is 8. The summed E-state index contributed by atoms with van der Waals surface area (Å²) in [5.41, 5.74) is 5.43. The van der Waals surface area contributed by atoms with Crippen LogP contribution in [0.5, 0.6) is 0 Å². The minimum Gasteiger partial charge on any atom is -0.370 e. The van der Waals surface area contributed by atoms with Crippen molar-refractivity contribution in [2.24, 2.45) is 0 Å². The zero-order valence-electron chi connectivity index (χ0n) is 21.6. The summed E-state index contributed by atoms with van der Waals surface area (Å²) < 4.78 is 24.7. The molecule has 0 radical (unpaired) electrons. The third-order valence-corrected chi connectivity index (χ3v) is 9.00. The van der Waals surface area contributed by atoms with E-state index in [4.69, 9.17) is 18.9 Å². The minimum absolute atomic E-state index is 0.0311. The van der Waals surface area contributed by atoms with E-state index in [1.165, 1.54) is 86.5 Å². The van der Waals surface area contributed by atoms with Crippen molar-refractivity contribution in [1.82, 2.24) is 0 Å². The van der Waals surface area contributed by atoms with Gasteiger partial charge in [-0.2, -0.15) is 0 Å². The van der Waals surface area contributed by atoms with Crippen LogP contribution < -0.4 is 0 Å². The van der Waals surface area contributed by atoms with Crippen LogP contribution in [0.1, 0.15) is 98.3 Å². The van der Waals surface area contributed by atoms with Gasteiger partial charge in [-0.15, -0.1) is 0 Å². The third kappa shape index (κ3) is 5.72. The Labute approximate surface area is 216 Å². The Kier molecular flexibility index (Phi) is 8.05. The first-order chi connectivity index (χ1) is 17.8. The summed E-state index contributed by atoms with van der Waals surface area (Å²) in [4.78, 5) is 0. The van der Waals surface area contributed by atoms with Crippen LogP contribution in [0.15, 0.2) is 48.5 Å². The van der Waals surface area contributed by atoms with Gasteiger partial charge in [-0.3, -0.25) is 0 Å². The molecule has 0 aromatic heterocycles. The lowest BCUT2D eigenvalue weighted by atomic mass is 9.84. The van der Waals surface area contributed by atoms with Gasteiger partial charge in [-0.25, -0.2) is 0 Å². The molecule has 2 saturated carbocycles. The summed E-state index contributed by atoms with van der Waals surface area (Å²) in [5, 5.41) is 0. The number of ether oxygens (including phenoxy) is 4. The van der Waals surface area contributed by atoms with E-state index in [-0.39, 0.29) is 24.4 Å². The zero-order chi connectivity index (χ0) is 24.2. The smallest absolute Gasteiger partial charge is 0.115 e. The Morgan fingerprint density at radius 2 is 0.917 bits per heavy atom. The predicted octanol–water partition coefficient (Wildman–Crippen LogP) is 7.05. The van der Waals surface area contributed by atoms with Gasteiger partial charge in [0.2, 0.25) is 0 Å². The number of benzene rings is 2.